The summed E-state index contributed by atoms with van der Waals surface area (Å²) in [5.41, 5.74) is 4.08. The fraction of sp³-hybridized carbons (Fsp3) is 0.571. The van der Waals surface area contributed by atoms with Gasteiger partial charge in [-0.05, 0) is 43.0 Å². The first-order chi connectivity index (χ1) is 8.18. The van der Waals surface area contributed by atoms with Crippen LogP contribution in [-0.2, 0) is 0 Å². The molecule has 0 amide bonds. The molecule has 0 radical (unpaired) electrons. The van der Waals surface area contributed by atoms with Gasteiger partial charge in [-0.15, -0.1) is 0 Å². The molecule has 2 aliphatic rings. The van der Waals surface area contributed by atoms with Gasteiger partial charge >= 0.3 is 0 Å². The Morgan fingerprint density at radius 3 is 3.06 bits per heavy atom. The lowest BCUT2D eigenvalue weighted by molar-refractivity contribution is 0.316. The van der Waals surface area contributed by atoms with Gasteiger partial charge in [-0.25, -0.2) is 0 Å². The van der Waals surface area contributed by atoms with Crippen molar-refractivity contribution in [3.05, 3.63) is 28.3 Å². The lowest BCUT2D eigenvalue weighted by Gasteiger charge is -2.43. The van der Waals surface area contributed by atoms with E-state index in [9.17, 15) is 0 Å². The van der Waals surface area contributed by atoms with E-state index in [2.05, 4.69) is 36.3 Å². The molecule has 1 saturated heterocycles. The van der Waals surface area contributed by atoms with Crippen LogP contribution >= 0.6 is 11.6 Å². The molecule has 1 fully saturated rings. The van der Waals surface area contributed by atoms with Gasteiger partial charge in [0.25, 0.3) is 0 Å². The second-order valence-electron chi connectivity index (χ2n) is 5.35. The number of benzene rings is 1. The van der Waals surface area contributed by atoms with Crippen LogP contribution in [0.4, 0.5) is 5.69 Å². The van der Waals surface area contributed by atoms with Gasteiger partial charge in [-0.2, -0.15) is 0 Å². The van der Waals surface area contributed by atoms with Crippen molar-refractivity contribution in [3.63, 3.8) is 0 Å². The van der Waals surface area contributed by atoms with E-state index in [-0.39, 0.29) is 0 Å². The molecular formula is C14H19ClN2. The highest BCUT2D eigenvalue weighted by Crippen LogP contribution is 2.43. The van der Waals surface area contributed by atoms with Crippen molar-refractivity contribution < 1.29 is 0 Å². The average Bonchev–Trinajstić information content (AvgIpc) is 2.33. The van der Waals surface area contributed by atoms with Gasteiger partial charge in [-0.3, -0.25) is 0 Å². The Morgan fingerprint density at radius 1 is 1.41 bits per heavy atom. The molecule has 0 spiro atoms. The molecule has 2 atom stereocenters. The van der Waals surface area contributed by atoms with Crippen molar-refractivity contribution in [2.75, 3.05) is 31.6 Å². The Balaban J connectivity index is 2.11. The number of nitrogens with zero attached hydrogens (tertiary/aromatic N) is 1. The Morgan fingerprint density at radius 2 is 2.24 bits per heavy atom. The predicted molar refractivity (Wildman–Crippen MR) is 73.2 cm³/mol. The second-order valence-corrected chi connectivity index (χ2v) is 5.76. The fourth-order valence-electron chi connectivity index (χ4n) is 3.44. The summed E-state index contributed by atoms with van der Waals surface area (Å²) >= 11 is 6.24. The summed E-state index contributed by atoms with van der Waals surface area (Å²) < 4.78 is 0. The fourth-order valence-corrected chi connectivity index (χ4v) is 3.59. The molecule has 2 unspecified atom stereocenters. The van der Waals surface area contributed by atoms with E-state index >= 15 is 0 Å². The van der Waals surface area contributed by atoms with Crippen LogP contribution in [0.25, 0.3) is 0 Å². The van der Waals surface area contributed by atoms with E-state index in [0.717, 1.165) is 24.0 Å². The van der Waals surface area contributed by atoms with Gasteiger partial charge in [0, 0.05) is 36.8 Å². The minimum absolute atomic E-state index is 0.672. The monoisotopic (exact) mass is 250 g/mol. The van der Waals surface area contributed by atoms with Crippen LogP contribution in [0.2, 0.25) is 5.02 Å². The van der Waals surface area contributed by atoms with Gasteiger partial charge in [0.2, 0.25) is 0 Å². The molecule has 2 heterocycles. The van der Waals surface area contributed by atoms with Gasteiger partial charge in [-0.1, -0.05) is 17.7 Å². The van der Waals surface area contributed by atoms with Crippen molar-refractivity contribution in [1.82, 2.24) is 5.32 Å². The minimum atomic E-state index is 0.672. The highest BCUT2D eigenvalue weighted by Gasteiger charge is 2.34. The zero-order valence-corrected chi connectivity index (χ0v) is 11.2. The van der Waals surface area contributed by atoms with E-state index in [0.29, 0.717) is 5.92 Å². The van der Waals surface area contributed by atoms with Crippen molar-refractivity contribution >= 4 is 17.3 Å². The van der Waals surface area contributed by atoms with E-state index in [4.69, 9.17) is 11.6 Å². The molecule has 0 saturated carbocycles. The van der Waals surface area contributed by atoms with Crippen LogP contribution in [-0.4, -0.2) is 26.7 Å². The zero-order chi connectivity index (χ0) is 12.0. The normalized spacial score (nSPS) is 27.6. The third-order valence-electron chi connectivity index (χ3n) is 4.31. The molecule has 2 nitrogen and oxygen atoms in total. The van der Waals surface area contributed by atoms with Gasteiger partial charge in [0.05, 0.1) is 0 Å². The maximum absolute atomic E-state index is 6.24. The lowest BCUT2D eigenvalue weighted by Crippen LogP contribution is -2.44. The highest BCUT2D eigenvalue weighted by atomic mass is 35.5. The molecule has 0 aliphatic carbocycles. The number of piperidine rings is 1. The molecule has 17 heavy (non-hydrogen) atoms. The Bertz CT molecular complexity index is 444. The highest BCUT2D eigenvalue weighted by molar-refractivity contribution is 6.31. The maximum atomic E-state index is 6.24. The summed E-state index contributed by atoms with van der Waals surface area (Å²) in [4.78, 5) is 2.39. The number of rotatable bonds is 0. The first-order valence-corrected chi connectivity index (χ1v) is 6.77. The van der Waals surface area contributed by atoms with E-state index in [1.165, 1.54) is 29.8 Å². The number of nitrogens with one attached hydrogen (secondary N) is 1. The average molecular weight is 251 g/mol. The smallest absolute Gasteiger partial charge is 0.0456 e. The van der Waals surface area contributed by atoms with Crippen molar-refractivity contribution in [2.45, 2.75) is 19.3 Å². The largest absolute Gasteiger partial charge is 0.374 e. The third-order valence-corrected chi connectivity index (χ3v) is 4.72. The molecule has 1 aromatic rings. The first-order valence-electron chi connectivity index (χ1n) is 6.39. The molecule has 1 aromatic carbocycles. The summed E-state index contributed by atoms with van der Waals surface area (Å²) in [6.45, 7) is 5.58. The van der Waals surface area contributed by atoms with E-state index in [1.807, 2.05) is 0 Å². The molecular weight excluding hydrogens is 232 g/mol. The molecule has 92 valence electrons. The van der Waals surface area contributed by atoms with Crippen molar-refractivity contribution in [3.8, 4) is 0 Å². The number of hydrogen-bond acceptors (Lipinski definition) is 2. The summed E-state index contributed by atoms with van der Waals surface area (Å²) in [5, 5.41) is 4.41. The number of fused-ring (bicyclic) bond motifs is 3. The van der Waals surface area contributed by atoms with Gasteiger partial charge in [0.15, 0.2) is 0 Å². The minimum Gasteiger partial charge on any atom is -0.374 e. The lowest BCUT2D eigenvalue weighted by atomic mass is 9.77. The Kier molecular flexibility index (Phi) is 2.80. The summed E-state index contributed by atoms with van der Waals surface area (Å²) in [6, 6.07) is 4.28. The predicted octanol–water partition coefficient (Wildman–Crippen LogP) is 2.79. The van der Waals surface area contributed by atoms with E-state index < -0.39 is 0 Å². The van der Waals surface area contributed by atoms with Crippen molar-refractivity contribution in [1.29, 1.82) is 0 Å². The molecule has 1 N–H and O–H groups in total. The van der Waals surface area contributed by atoms with Crippen LogP contribution in [0.5, 0.6) is 0 Å². The van der Waals surface area contributed by atoms with Crippen LogP contribution in [0.15, 0.2) is 12.1 Å². The van der Waals surface area contributed by atoms with Crippen molar-refractivity contribution in [2.24, 2.45) is 5.92 Å². The van der Waals surface area contributed by atoms with Gasteiger partial charge in [0.1, 0.15) is 0 Å². The Labute approximate surface area is 108 Å². The first kappa shape index (κ1) is 11.4. The van der Waals surface area contributed by atoms with Crippen LogP contribution in [0.1, 0.15) is 23.5 Å². The number of hydrogen-bond donors (Lipinski definition) is 1. The topological polar surface area (TPSA) is 15.3 Å². The third kappa shape index (κ3) is 1.74. The number of anilines is 1. The maximum Gasteiger partial charge on any atom is 0.0456 e. The molecule has 0 aromatic heterocycles. The molecule has 3 heteroatoms. The molecule has 0 bridgehead atoms. The van der Waals surface area contributed by atoms with E-state index in [1.54, 1.807) is 0 Å². The SMILES string of the molecule is Cc1c(Cl)ccc2c1N(C)CC1CCNCC21. The molecule has 2 aliphatic heterocycles. The quantitative estimate of drug-likeness (QED) is 0.762. The zero-order valence-electron chi connectivity index (χ0n) is 10.5. The van der Waals surface area contributed by atoms with Gasteiger partial charge < -0.3 is 10.2 Å². The second kappa shape index (κ2) is 4.18. The van der Waals surface area contributed by atoms with Crippen LogP contribution in [0, 0.1) is 12.8 Å². The molecule has 3 rings (SSSR count). The van der Waals surface area contributed by atoms with Crippen LogP contribution in [0.3, 0.4) is 0 Å². The Hall–Kier alpha value is -0.730. The number of halogens is 1. The van der Waals surface area contributed by atoms with Crippen LogP contribution < -0.4 is 10.2 Å². The summed E-state index contributed by atoms with van der Waals surface area (Å²) in [7, 11) is 2.19. The standard InChI is InChI=1S/C14H19ClN2/c1-9-13(15)4-3-11-12-7-16-6-5-10(12)8-17(2)14(9)11/h3-4,10,12,16H,5-8H2,1-2H3. The summed E-state index contributed by atoms with van der Waals surface area (Å²) in [6.07, 6.45) is 1.29. The summed E-state index contributed by atoms with van der Waals surface area (Å²) in [5.74, 6) is 1.47.